The smallest absolute Gasteiger partial charge is 0.159 e. The highest BCUT2D eigenvalue weighted by Gasteiger charge is 2.35. The zero-order chi connectivity index (χ0) is 13.3. The van der Waals surface area contributed by atoms with Crippen LogP contribution in [0.25, 0.3) is 0 Å². The Morgan fingerprint density at radius 3 is 2.78 bits per heavy atom. The Bertz CT molecular complexity index is 544. The van der Waals surface area contributed by atoms with E-state index in [0.717, 1.165) is 0 Å². The first kappa shape index (κ1) is 13.6. The number of hydrogen-bond acceptors (Lipinski definition) is 4. The summed E-state index contributed by atoms with van der Waals surface area (Å²) in [5, 5.41) is 0.0168. The molecule has 1 aromatic rings. The third-order valence-corrected chi connectivity index (χ3v) is 5.82. The molecule has 100 valence electrons. The molecular weight excluding hydrogens is 274 g/mol. The lowest BCUT2D eigenvalue weighted by molar-refractivity contribution is 0.126. The average Bonchev–Trinajstić information content (AvgIpc) is 2.70. The number of ether oxygens (including phenoxy) is 1. The van der Waals surface area contributed by atoms with Crippen LogP contribution in [-0.4, -0.2) is 26.4 Å². The molecule has 1 fully saturated rings. The van der Waals surface area contributed by atoms with Crippen LogP contribution in [0.1, 0.15) is 18.9 Å². The highest BCUT2D eigenvalue weighted by Crippen LogP contribution is 2.26. The third kappa shape index (κ3) is 2.79. The molecule has 18 heavy (non-hydrogen) atoms. The van der Waals surface area contributed by atoms with Crippen molar-refractivity contribution < 1.29 is 13.2 Å². The van der Waals surface area contributed by atoms with Gasteiger partial charge in [0, 0.05) is 6.61 Å². The molecule has 0 bridgehead atoms. The second-order valence-electron chi connectivity index (χ2n) is 4.57. The van der Waals surface area contributed by atoms with Crippen LogP contribution in [0.3, 0.4) is 0 Å². The van der Waals surface area contributed by atoms with Crippen LogP contribution in [0, 0.1) is 0 Å². The third-order valence-electron chi connectivity index (χ3n) is 3.20. The summed E-state index contributed by atoms with van der Waals surface area (Å²) in [6.07, 6.45) is 0.326. The standard InChI is InChI=1S/C12H16ClNO3S/c1-8-12(4-5-17-8)18(15,16)7-9-2-3-10(13)11(14)6-9/h2-3,6,8,12H,4-5,7,14H2,1H3. The summed E-state index contributed by atoms with van der Waals surface area (Å²) in [5.41, 5.74) is 6.73. The van der Waals surface area contributed by atoms with Crippen molar-refractivity contribution >= 4 is 27.1 Å². The first-order valence-electron chi connectivity index (χ1n) is 5.77. The lowest BCUT2D eigenvalue weighted by Crippen LogP contribution is -2.29. The van der Waals surface area contributed by atoms with Gasteiger partial charge in [-0.05, 0) is 31.0 Å². The van der Waals surface area contributed by atoms with Gasteiger partial charge in [0.2, 0.25) is 0 Å². The van der Waals surface area contributed by atoms with Crippen molar-refractivity contribution in [1.82, 2.24) is 0 Å². The zero-order valence-corrected chi connectivity index (χ0v) is 11.7. The number of halogens is 1. The molecule has 0 radical (unpaired) electrons. The molecule has 2 unspecified atom stereocenters. The van der Waals surface area contributed by atoms with Gasteiger partial charge in [0.1, 0.15) is 0 Å². The summed E-state index contributed by atoms with van der Waals surface area (Å²) < 4.78 is 29.8. The van der Waals surface area contributed by atoms with Crippen molar-refractivity contribution in [2.75, 3.05) is 12.3 Å². The quantitative estimate of drug-likeness (QED) is 0.864. The van der Waals surface area contributed by atoms with Crippen molar-refractivity contribution in [3.8, 4) is 0 Å². The van der Waals surface area contributed by atoms with Crippen LogP contribution in [0.4, 0.5) is 5.69 Å². The van der Waals surface area contributed by atoms with E-state index in [1.54, 1.807) is 25.1 Å². The number of nitrogens with two attached hydrogens (primary N) is 1. The second kappa shape index (κ2) is 5.07. The van der Waals surface area contributed by atoms with E-state index in [4.69, 9.17) is 22.1 Å². The van der Waals surface area contributed by atoms with Gasteiger partial charge in [0.25, 0.3) is 0 Å². The molecular formula is C12H16ClNO3S. The molecule has 2 atom stereocenters. The van der Waals surface area contributed by atoms with E-state index in [-0.39, 0.29) is 11.9 Å². The van der Waals surface area contributed by atoms with Gasteiger partial charge in [0.15, 0.2) is 9.84 Å². The predicted octanol–water partition coefficient (Wildman–Crippen LogP) is 2.01. The second-order valence-corrected chi connectivity index (χ2v) is 7.19. The Morgan fingerprint density at radius 1 is 1.50 bits per heavy atom. The fraction of sp³-hybridized carbons (Fsp3) is 0.500. The fourth-order valence-electron chi connectivity index (χ4n) is 2.21. The summed E-state index contributed by atoms with van der Waals surface area (Å²) in [7, 11) is -3.22. The Labute approximate surface area is 112 Å². The Kier molecular flexibility index (Phi) is 3.84. The van der Waals surface area contributed by atoms with Crippen molar-refractivity contribution in [3.63, 3.8) is 0 Å². The molecule has 1 saturated heterocycles. The van der Waals surface area contributed by atoms with Crippen LogP contribution in [0.15, 0.2) is 18.2 Å². The molecule has 2 rings (SSSR count). The molecule has 1 aliphatic rings. The maximum absolute atomic E-state index is 12.3. The number of sulfone groups is 1. The SMILES string of the molecule is CC1OCCC1S(=O)(=O)Cc1ccc(Cl)c(N)c1. The molecule has 1 aliphatic heterocycles. The Morgan fingerprint density at radius 2 is 2.22 bits per heavy atom. The van der Waals surface area contributed by atoms with E-state index < -0.39 is 15.1 Å². The van der Waals surface area contributed by atoms with Crippen molar-refractivity contribution in [3.05, 3.63) is 28.8 Å². The Hall–Kier alpha value is -0.780. The summed E-state index contributed by atoms with van der Waals surface area (Å²) >= 11 is 5.81. The van der Waals surface area contributed by atoms with E-state index in [9.17, 15) is 8.42 Å². The van der Waals surface area contributed by atoms with Gasteiger partial charge < -0.3 is 10.5 Å². The molecule has 0 spiro atoms. The summed E-state index contributed by atoms with van der Waals surface area (Å²) in [6, 6.07) is 4.92. The molecule has 0 saturated carbocycles. The van der Waals surface area contributed by atoms with Crippen molar-refractivity contribution in [1.29, 1.82) is 0 Å². The van der Waals surface area contributed by atoms with E-state index in [1.807, 2.05) is 0 Å². The fourth-order valence-corrected chi connectivity index (χ4v) is 4.30. The minimum Gasteiger partial charge on any atom is -0.398 e. The zero-order valence-electron chi connectivity index (χ0n) is 10.1. The minimum atomic E-state index is -3.22. The monoisotopic (exact) mass is 289 g/mol. The van der Waals surface area contributed by atoms with Crippen molar-refractivity contribution in [2.45, 2.75) is 30.5 Å². The number of hydrogen-bond donors (Lipinski definition) is 1. The maximum atomic E-state index is 12.3. The lowest BCUT2D eigenvalue weighted by atomic mass is 10.2. The molecule has 0 aliphatic carbocycles. The van der Waals surface area contributed by atoms with E-state index in [2.05, 4.69) is 0 Å². The van der Waals surface area contributed by atoms with Gasteiger partial charge >= 0.3 is 0 Å². The van der Waals surface area contributed by atoms with Crippen LogP contribution < -0.4 is 5.73 Å². The largest absolute Gasteiger partial charge is 0.398 e. The van der Waals surface area contributed by atoms with Gasteiger partial charge in [0.05, 0.1) is 27.8 Å². The Balaban J connectivity index is 2.19. The van der Waals surface area contributed by atoms with E-state index >= 15 is 0 Å². The molecule has 0 aromatic heterocycles. The summed E-state index contributed by atoms with van der Waals surface area (Å²) in [6.45, 7) is 2.30. The summed E-state index contributed by atoms with van der Waals surface area (Å²) in [5.74, 6) is -0.0211. The summed E-state index contributed by atoms with van der Waals surface area (Å²) in [4.78, 5) is 0. The normalized spacial score (nSPS) is 24.3. The topological polar surface area (TPSA) is 69.4 Å². The molecule has 6 heteroatoms. The molecule has 1 heterocycles. The van der Waals surface area contributed by atoms with Crippen molar-refractivity contribution in [2.24, 2.45) is 0 Å². The first-order chi connectivity index (χ1) is 8.40. The van der Waals surface area contributed by atoms with Gasteiger partial charge in [-0.25, -0.2) is 8.42 Å². The molecule has 1 aromatic carbocycles. The minimum absolute atomic E-state index is 0.0211. The number of anilines is 1. The molecule has 0 amide bonds. The van der Waals surface area contributed by atoms with Crippen LogP contribution in [0.2, 0.25) is 5.02 Å². The van der Waals surface area contributed by atoms with Gasteiger partial charge in [-0.3, -0.25) is 0 Å². The van der Waals surface area contributed by atoms with E-state index in [1.165, 1.54) is 0 Å². The highest BCUT2D eigenvalue weighted by atomic mass is 35.5. The average molecular weight is 290 g/mol. The van der Waals surface area contributed by atoms with Crippen LogP contribution in [-0.2, 0) is 20.3 Å². The predicted molar refractivity (Wildman–Crippen MR) is 72.3 cm³/mol. The number of rotatable bonds is 3. The van der Waals surface area contributed by atoms with Crippen LogP contribution >= 0.6 is 11.6 Å². The molecule has 2 N–H and O–H groups in total. The van der Waals surface area contributed by atoms with Gasteiger partial charge in [-0.1, -0.05) is 17.7 Å². The number of nitrogen functional groups attached to an aromatic ring is 1. The van der Waals surface area contributed by atoms with Gasteiger partial charge in [-0.2, -0.15) is 0 Å². The highest BCUT2D eigenvalue weighted by molar-refractivity contribution is 7.91. The van der Waals surface area contributed by atoms with Crippen LogP contribution in [0.5, 0.6) is 0 Å². The lowest BCUT2D eigenvalue weighted by Gasteiger charge is -2.15. The number of benzene rings is 1. The maximum Gasteiger partial charge on any atom is 0.159 e. The first-order valence-corrected chi connectivity index (χ1v) is 7.86. The van der Waals surface area contributed by atoms with E-state index in [0.29, 0.717) is 29.3 Å². The molecule has 4 nitrogen and oxygen atoms in total. The van der Waals surface area contributed by atoms with Gasteiger partial charge in [-0.15, -0.1) is 0 Å².